The maximum absolute atomic E-state index is 10.3. The van der Waals surface area contributed by atoms with E-state index < -0.39 is 4.92 Å². The van der Waals surface area contributed by atoms with Gasteiger partial charge in [-0.1, -0.05) is 6.07 Å². The van der Waals surface area contributed by atoms with Gasteiger partial charge >= 0.3 is 0 Å². The number of nitrogens with two attached hydrogens (primary N) is 2. The molecular formula is C7H9ClN3O2+. The minimum atomic E-state index is -0.494. The van der Waals surface area contributed by atoms with Crippen LogP contribution in [0.1, 0.15) is 5.56 Å². The van der Waals surface area contributed by atoms with Crippen molar-refractivity contribution in [2.75, 3.05) is 0 Å². The predicted octanol–water partition coefficient (Wildman–Crippen LogP) is -0.519. The van der Waals surface area contributed by atoms with Crippen molar-refractivity contribution in [1.82, 2.24) is 0 Å². The lowest BCUT2D eigenvalue weighted by molar-refractivity contribution is -0.384. The van der Waals surface area contributed by atoms with Crippen molar-refractivity contribution in [2.45, 2.75) is 0 Å². The minimum Gasteiger partial charge on any atom is -0.287 e. The van der Waals surface area contributed by atoms with Crippen LogP contribution in [-0.4, -0.2) is 10.8 Å². The van der Waals surface area contributed by atoms with E-state index in [1.54, 1.807) is 6.07 Å². The Balaban J connectivity index is 0.00000144. The van der Waals surface area contributed by atoms with Crippen molar-refractivity contribution in [3.63, 3.8) is 0 Å². The average Bonchev–Trinajstić information content (AvgIpc) is 2.04. The van der Waals surface area contributed by atoms with Crippen LogP contribution in [0, 0.1) is 10.1 Å². The summed E-state index contributed by atoms with van der Waals surface area (Å²) in [7, 11) is 0. The Kier molecular flexibility index (Phi) is 3.87. The fourth-order valence-electron chi connectivity index (χ4n) is 0.799. The molecule has 0 saturated carbocycles. The molecule has 70 valence electrons. The molecule has 0 aromatic heterocycles. The lowest BCUT2D eigenvalue weighted by Gasteiger charge is -1.92. The van der Waals surface area contributed by atoms with Gasteiger partial charge in [-0.15, -0.1) is 12.4 Å². The topological polar surface area (TPSA) is 94.8 Å². The predicted molar refractivity (Wildman–Crippen MR) is 50.6 cm³/mol. The Morgan fingerprint density at radius 1 is 1.54 bits per heavy atom. The smallest absolute Gasteiger partial charge is 0.270 e. The standard InChI is InChI=1S/C7H7N3O2.ClH/c8-7(9)5-2-1-3-6(4-5)10(11)12;/h1-4H,(H3,8,9);1H/p+1. The lowest BCUT2D eigenvalue weighted by Crippen LogP contribution is -2.46. The number of benzene rings is 1. The van der Waals surface area contributed by atoms with Crippen LogP contribution in [0.15, 0.2) is 24.3 Å². The Morgan fingerprint density at radius 2 is 2.15 bits per heavy atom. The minimum absolute atomic E-state index is 0. The molecule has 0 radical (unpaired) electrons. The van der Waals surface area contributed by atoms with Crippen LogP contribution in [0.25, 0.3) is 0 Å². The van der Waals surface area contributed by atoms with Gasteiger partial charge < -0.3 is 0 Å². The molecule has 1 rings (SSSR count). The number of halogens is 1. The van der Waals surface area contributed by atoms with Gasteiger partial charge in [0, 0.05) is 12.1 Å². The molecule has 0 unspecified atom stereocenters. The van der Waals surface area contributed by atoms with Crippen LogP contribution in [0.3, 0.4) is 0 Å². The number of non-ortho nitro benzene ring substituents is 1. The van der Waals surface area contributed by atoms with E-state index in [1.807, 2.05) is 0 Å². The third-order valence-corrected chi connectivity index (χ3v) is 1.39. The van der Waals surface area contributed by atoms with E-state index >= 15 is 0 Å². The molecule has 0 spiro atoms. The van der Waals surface area contributed by atoms with E-state index in [0.717, 1.165) is 0 Å². The highest BCUT2D eigenvalue weighted by molar-refractivity contribution is 5.93. The highest BCUT2D eigenvalue weighted by atomic mass is 35.5. The second-order valence-electron chi connectivity index (χ2n) is 2.26. The second kappa shape index (κ2) is 4.42. The van der Waals surface area contributed by atoms with Crippen molar-refractivity contribution >= 4 is 23.9 Å². The highest BCUT2D eigenvalue weighted by Crippen LogP contribution is 2.11. The van der Waals surface area contributed by atoms with E-state index in [9.17, 15) is 10.1 Å². The molecule has 0 aliphatic carbocycles. The fraction of sp³-hybridized carbons (Fsp3) is 0. The molecule has 0 bridgehead atoms. The molecule has 0 heterocycles. The van der Waals surface area contributed by atoms with Gasteiger partial charge in [0.25, 0.3) is 11.5 Å². The molecule has 0 fully saturated rings. The normalized spacial score (nSPS) is 8.62. The summed E-state index contributed by atoms with van der Waals surface area (Å²) in [5.74, 6) is 0.0821. The molecule has 5 nitrogen and oxygen atoms in total. The second-order valence-corrected chi connectivity index (χ2v) is 2.26. The third kappa shape index (κ3) is 2.72. The fourth-order valence-corrected chi connectivity index (χ4v) is 0.799. The Bertz CT molecular complexity index is 311. The SMILES string of the molecule is Cl.NC(=[NH2+])c1cccc([N+](=O)[O-])c1. The summed E-state index contributed by atoms with van der Waals surface area (Å²) in [6, 6.07) is 5.86. The Labute approximate surface area is 80.6 Å². The molecule has 0 saturated heterocycles. The quantitative estimate of drug-likeness (QED) is 0.292. The molecule has 0 amide bonds. The van der Waals surface area contributed by atoms with Crippen molar-refractivity contribution in [3.05, 3.63) is 39.9 Å². The molecule has 1 aromatic carbocycles. The van der Waals surface area contributed by atoms with E-state index in [4.69, 9.17) is 11.1 Å². The first-order chi connectivity index (χ1) is 5.61. The van der Waals surface area contributed by atoms with Gasteiger partial charge in [0.2, 0.25) is 0 Å². The van der Waals surface area contributed by atoms with E-state index in [1.165, 1.54) is 18.2 Å². The summed E-state index contributed by atoms with van der Waals surface area (Å²) in [4.78, 5) is 9.80. The molecule has 13 heavy (non-hydrogen) atoms. The first-order valence-corrected chi connectivity index (χ1v) is 3.24. The van der Waals surface area contributed by atoms with Gasteiger partial charge in [-0.25, -0.2) is 0 Å². The number of hydrogen-bond donors (Lipinski definition) is 2. The zero-order valence-corrected chi connectivity index (χ0v) is 7.45. The molecule has 4 N–H and O–H groups in total. The number of amidine groups is 1. The van der Waals surface area contributed by atoms with Crippen LogP contribution in [0.2, 0.25) is 0 Å². The Morgan fingerprint density at radius 3 is 2.62 bits per heavy atom. The summed E-state index contributed by atoms with van der Waals surface area (Å²) < 4.78 is 0. The summed E-state index contributed by atoms with van der Waals surface area (Å²) in [5, 5.41) is 15.5. The highest BCUT2D eigenvalue weighted by Gasteiger charge is 2.08. The first kappa shape index (κ1) is 11.4. The number of nitrogens with zero attached hydrogens (tertiary/aromatic N) is 1. The number of rotatable bonds is 2. The van der Waals surface area contributed by atoms with Gasteiger partial charge in [0.15, 0.2) is 0 Å². The van der Waals surface area contributed by atoms with Crippen LogP contribution >= 0.6 is 12.4 Å². The maximum atomic E-state index is 10.3. The van der Waals surface area contributed by atoms with Crippen LogP contribution in [0.4, 0.5) is 5.69 Å². The number of nitro benzene ring substituents is 1. The zero-order chi connectivity index (χ0) is 9.14. The molecule has 0 aliphatic rings. The van der Waals surface area contributed by atoms with Gasteiger partial charge in [-0.2, -0.15) is 0 Å². The van der Waals surface area contributed by atoms with E-state index in [-0.39, 0.29) is 23.9 Å². The molecule has 0 aliphatic heterocycles. The lowest BCUT2D eigenvalue weighted by atomic mass is 10.2. The third-order valence-electron chi connectivity index (χ3n) is 1.39. The molecule has 1 aromatic rings. The molecule has 0 atom stereocenters. The molecular weight excluding hydrogens is 194 g/mol. The molecule has 6 heteroatoms. The van der Waals surface area contributed by atoms with Crippen molar-refractivity contribution in [2.24, 2.45) is 5.73 Å². The van der Waals surface area contributed by atoms with Gasteiger partial charge in [0.05, 0.1) is 10.5 Å². The Hall–Kier alpha value is -1.62. The van der Waals surface area contributed by atoms with Crippen molar-refractivity contribution in [1.29, 1.82) is 0 Å². The monoisotopic (exact) mass is 202 g/mol. The van der Waals surface area contributed by atoms with E-state index in [0.29, 0.717) is 5.56 Å². The largest absolute Gasteiger partial charge is 0.287 e. The van der Waals surface area contributed by atoms with Crippen LogP contribution in [0.5, 0.6) is 0 Å². The van der Waals surface area contributed by atoms with E-state index in [2.05, 4.69) is 0 Å². The van der Waals surface area contributed by atoms with Gasteiger partial charge in [-0.05, 0) is 6.07 Å². The summed E-state index contributed by atoms with van der Waals surface area (Å²) in [6.07, 6.45) is 0. The van der Waals surface area contributed by atoms with Gasteiger partial charge in [-0.3, -0.25) is 21.3 Å². The van der Waals surface area contributed by atoms with Crippen LogP contribution < -0.4 is 11.1 Å². The van der Waals surface area contributed by atoms with Gasteiger partial charge in [0.1, 0.15) is 0 Å². The number of hydrogen-bond acceptors (Lipinski definition) is 2. The average molecular weight is 203 g/mol. The summed E-state index contributed by atoms with van der Waals surface area (Å²) in [5.41, 5.74) is 5.72. The summed E-state index contributed by atoms with van der Waals surface area (Å²) in [6.45, 7) is 0. The number of nitro groups is 1. The summed E-state index contributed by atoms with van der Waals surface area (Å²) >= 11 is 0. The van der Waals surface area contributed by atoms with Crippen molar-refractivity contribution < 1.29 is 10.3 Å². The maximum Gasteiger partial charge on any atom is 0.270 e. The van der Waals surface area contributed by atoms with Crippen LogP contribution in [-0.2, 0) is 0 Å². The van der Waals surface area contributed by atoms with Crippen molar-refractivity contribution in [3.8, 4) is 0 Å². The first-order valence-electron chi connectivity index (χ1n) is 3.24. The zero-order valence-electron chi connectivity index (χ0n) is 6.64.